The molecule has 120 valence electrons. The van der Waals surface area contributed by atoms with Gasteiger partial charge in [-0.15, -0.1) is 4.72 Å². The fourth-order valence-corrected chi connectivity index (χ4v) is 3.00. The summed E-state index contributed by atoms with van der Waals surface area (Å²) in [4.78, 5) is 0. The highest BCUT2D eigenvalue weighted by Crippen LogP contribution is 2.22. The number of hydrogen-bond donors (Lipinski definition) is 1. The van der Waals surface area contributed by atoms with Crippen molar-refractivity contribution in [3.63, 3.8) is 0 Å². The minimum absolute atomic E-state index is 0.00424. The van der Waals surface area contributed by atoms with Crippen LogP contribution in [-0.4, -0.2) is 19.1 Å². The largest absolute Gasteiger partial charge is 0.598 e. The Kier molecular flexibility index (Phi) is 5.32. The summed E-state index contributed by atoms with van der Waals surface area (Å²) in [5.74, 6) is 0. The first-order chi connectivity index (χ1) is 10.3. The molecule has 1 heterocycles. The molecule has 0 aliphatic heterocycles. The van der Waals surface area contributed by atoms with E-state index in [2.05, 4.69) is 28.9 Å². The van der Waals surface area contributed by atoms with Gasteiger partial charge in [0, 0.05) is 22.6 Å². The zero-order chi connectivity index (χ0) is 16.3. The van der Waals surface area contributed by atoms with Crippen molar-refractivity contribution in [3.8, 4) is 0 Å². The lowest BCUT2D eigenvalue weighted by Gasteiger charge is -2.26. The van der Waals surface area contributed by atoms with Gasteiger partial charge in [0.2, 0.25) is 0 Å². The van der Waals surface area contributed by atoms with Gasteiger partial charge in [0.05, 0.1) is 18.8 Å². The van der Waals surface area contributed by atoms with Gasteiger partial charge < -0.3 is 4.55 Å². The standard InChI is InChI=1S/C17H25N3OS/c1-13(19-22(21)17(3,4)5)16-11-18-20(14(16)2)12-15-9-7-6-8-10-15/h6-11,13,19H,12H2,1-5H3. The first-order valence-electron chi connectivity index (χ1n) is 7.53. The Morgan fingerprint density at radius 3 is 2.50 bits per heavy atom. The van der Waals surface area contributed by atoms with Crippen LogP contribution in [0.4, 0.5) is 0 Å². The van der Waals surface area contributed by atoms with E-state index in [-0.39, 0.29) is 10.8 Å². The summed E-state index contributed by atoms with van der Waals surface area (Å²) in [5, 5.41) is 4.48. The van der Waals surface area contributed by atoms with Gasteiger partial charge in [0.1, 0.15) is 4.75 Å². The molecule has 1 aromatic carbocycles. The van der Waals surface area contributed by atoms with Crippen LogP contribution in [0.15, 0.2) is 36.5 Å². The molecular formula is C17H25N3OS. The van der Waals surface area contributed by atoms with Crippen LogP contribution in [-0.2, 0) is 17.9 Å². The van der Waals surface area contributed by atoms with Crippen molar-refractivity contribution in [2.75, 3.05) is 0 Å². The SMILES string of the molecule is Cc1c(C(C)N[S+]([O-])C(C)(C)C)cnn1Cc1ccccc1. The third kappa shape index (κ3) is 4.12. The van der Waals surface area contributed by atoms with E-state index in [1.54, 1.807) is 0 Å². The maximum absolute atomic E-state index is 12.2. The Hall–Kier alpha value is -1.30. The first kappa shape index (κ1) is 17.1. The highest BCUT2D eigenvalue weighted by Gasteiger charge is 2.29. The second kappa shape index (κ2) is 6.86. The quantitative estimate of drug-likeness (QED) is 0.860. The predicted molar refractivity (Wildman–Crippen MR) is 92.0 cm³/mol. The minimum atomic E-state index is -1.09. The van der Waals surface area contributed by atoms with Crippen molar-refractivity contribution >= 4 is 11.4 Å². The molecule has 0 fully saturated rings. The van der Waals surface area contributed by atoms with Crippen LogP contribution >= 0.6 is 0 Å². The molecule has 5 heteroatoms. The van der Waals surface area contributed by atoms with E-state index in [1.165, 1.54) is 5.56 Å². The highest BCUT2D eigenvalue weighted by atomic mass is 32.2. The third-order valence-corrected chi connectivity index (χ3v) is 5.30. The van der Waals surface area contributed by atoms with Crippen LogP contribution in [0.3, 0.4) is 0 Å². The Morgan fingerprint density at radius 1 is 1.27 bits per heavy atom. The van der Waals surface area contributed by atoms with Gasteiger partial charge >= 0.3 is 0 Å². The molecule has 0 amide bonds. The molecule has 1 N–H and O–H groups in total. The van der Waals surface area contributed by atoms with Gasteiger partial charge in [-0.2, -0.15) is 5.10 Å². The molecule has 1 aromatic heterocycles. The first-order valence-corrected chi connectivity index (χ1v) is 8.68. The molecular weight excluding hydrogens is 294 g/mol. The molecule has 0 radical (unpaired) electrons. The molecule has 2 rings (SSSR count). The number of hydrogen-bond acceptors (Lipinski definition) is 3. The molecule has 22 heavy (non-hydrogen) atoms. The molecule has 4 nitrogen and oxygen atoms in total. The van der Waals surface area contributed by atoms with E-state index in [9.17, 15) is 4.55 Å². The zero-order valence-electron chi connectivity index (χ0n) is 14.0. The molecule has 0 saturated carbocycles. The average molecular weight is 319 g/mol. The monoisotopic (exact) mass is 319 g/mol. The van der Waals surface area contributed by atoms with Crippen LogP contribution in [0.25, 0.3) is 0 Å². The Morgan fingerprint density at radius 2 is 1.91 bits per heavy atom. The van der Waals surface area contributed by atoms with Crippen molar-refractivity contribution in [2.24, 2.45) is 0 Å². The van der Waals surface area contributed by atoms with Gasteiger partial charge in [0.15, 0.2) is 0 Å². The van der Waals surface area contributed by atoms with E-state index in [1.807, 2.05) is 56.8 Å². The highest BCUT2D eigenvalue weighted by molar-refractivity contribution is 7.90. The van der Waals surface area contributed by atoms with Crippen molar-refractivity contribution in [2.45, 2.75) is 52.0 Å². The molecule has 0 saturated heterocycles. The lowest BCUT2D eigenvalue weighted by molar-refractivity contribution is 0.530. The van der Waals surface area contributed by atoms with Crippen LogP contribution in [0.5, 0.6) is 0 Å². The fourth-order valence-electron chi connectivity index (χ4n) is 2.20. The lowest BCUT2D eigenvalue weighted by Crippen LogP contribution is -2.40. The third-order valence-electron chi connectivity index (χ3n) is 3.62. The number of nitrogens with zero attached hydrogens (tertiary/aromatic N) is 2. The number of rotatable bonds is 5. The summed E-state index contributed by atoms with van der Waals surface area (Å²) in [6.45, 7) is 10.7. The van der Waals surface area contributed by atoms with Gasteiger partial charge in [-0.1, -0.05) is 30.3 Å². The van der Waals surface area contributed by atoms with Crippen LogP contribution in [0.2, 0.25) is 0 Å². The van der Waals surface area contributed by atoms with Crippen molar-refractivity contribution in [3.05, 3.63) is 53.3 Å². The molecule has 0 bridgehead atoms. The van der Waals surface area contributed by atoms with E-state index in [0.29, 0.717) is 0 Å². The van der Waals surface area contributed by atoms with E-state index >= 15 is 0 Å². The van der Waals surface area contributed by atoms with Crippen LogP contribution < -0.4 is 4.72 Å². The molecule has 0 aliphatic carbocycles. The summed E-state index contributed by atoms with van der Waals surface area (Å²) >= 11 is -1.09. The number of nitrogens with one attached hydrogen (secondary N) is 1. The molecule has 2 unspecified atom stereocenters. The molecule has 0 spiro atoms. The number of benzene rings is 1. The van der Waals surface area contributed by atoms with Crippen LogP contribution in [0, 0.1) is 6.92 Å². The summed E-state index contributed by atoms with van der Waals surface area (Å²) in [5.41, 5.74) is 3.42. The van der Waals surface area contributed by atoms with Gasteiger partial charge in [-0.05, 0) is 40.2 Å². The normalized spacial score (nSPS) is 14.8. The minimum Gasteiger partial charge on any atom is -0.598 e. The maximum Gasteiger partial charge on any atom is 0.136 e. The fraction of sp³-hybridized carbons (Fsp3) is 0.471. The summed E-state index contributed by atoms with van der Waals surface area (Å²) in [6.07, 6.45) is 1.87. The second-order valence-electron chi connectivity index (χ2n) is 6.55. The van der Waals surface area contributed by atoms with Gasteiger partial charge in [-0.3, -0.25) is 4.68 Å². The van der Waals surface area contributed by atoms with Crippen molar-refractivity contribution in [1.29, 1.82) is 0 Å². The molecule has 0 aliphatic rings. The lowest BCUT2D eigenvalue weighted by atomic mass is 10.1. The summed E-state index contributed by atoms with van der Waals surface area (Å²) < 4.78 is 17.1. The van der Waals surface area contributed by atoms with Crippen LogP contribution in [0.1, 0.15) is 50.6 Å². The molecule has 2 atom stereocenters. The van der Waals surface area contributed by atoms with E-state index < -0.39 is 11.4 Å². The number of aromatic nitrogens is 2. The van der Waals surface area contributed by atoms with Gasteiger partial charge in [-0.25, -0.2) is 0 Å². The van der Waals surface area contributed by atoms with E-state index in [0.717, 1.165) is 17.8 Å². The topological polar surface area (TPSA) is 52.9 Å². The summed E-state index contributed by atoms with van der Waals surface area (Å²) in [7, 11) is 0. The van der Waals surface area contributed by atoms with Crippen molar-refractivity contribution < 1.29 is 4.55 Å². The van der Waals surface area contributed by atoms with E-state index in [4.69, 9.17) is 0 Å². The zero-order valence-corrected chi connectivity index (χ0v) is 14.8. The Balaban J connectivity index is 2.10. The predicted octanol–water partition coefficient (Wildman–Crippen LogP) is 3.35. The van der Waals surface area contributed by atoms with Gasteiger partial charge in [0.25, 0.3) is 0 Å². The van der Waals surface area contributed by atoms with Crippen molar-refractivity contribution in [1.82, 2.24) is 14.5 Å². The second-order valence-corrected chi connectivity index (χ2v) is 8.55. The Bertz CT molecular complexity index is 604. The average Bonchev–Trinajstić information content (AvgIpc) is 2.80. The molecule has 2 aromatic rings. The Labute approximate surface area is 136 Å². The summed E-state index contributed by atoms with van der Waals surface area (Å²) in [6, 6.07) is 10.3. The maximum atomic E-state index is 12.2. The smallest absolute Gasteiger partial charge is 0.136 e.